The minimum absolute atomic E-state index is 0.343. The van der Waals surface area contributed by atoms with Crippen molar-refractivity contribution in [3.63, 3.8) is 0 Å². The second kappa shape index (κ2) is 5.75. The third-order valence-corrected chi connectivity index (χ3v) is 3.87. The molecule has 0 bridgehead atoms. The van der Waals surface area contributed by atoms with Gasteiger partial charge in [0.1, 0.15) is 6.33 Å². The highest BCUT2D eigenvalue weighted by Gasteiger charge is 2.39. The topological polar surface area (TPSA) is 51.3 Å². The lowest BCUT2D eigenvalue weighted by Gasteiger charge is -2.47. The fourth-order valence-electron chi connectivity index (χ4n) is 2.52. The maximum atomic E-state index is 4.27. The Hall–Kier alpha value is -1.01. The van der Waals surface area contributed by atoms with Crippen LogP contribution in [0.3, 0.4) is 0 Å². The van der Waals surface area contributed by atoms with Gasteiger partial charge >= 0.3 is 6.98 Å². The van der Waals surface area contributed by atoms with Crippen LogP contribution in [0.5, 0.6) is 0 Å². The van der Waals surface area contributed by atoms with Crippen molar-refractivity contribution < 1.29 is 0 Å². The largest absolute Gasteiger partial charge is 0.359 e. The Morgan fingerprint density at radius 2 is 2.17 bits per heavy atom. The molecule has 18 heavy (non-hydrogen) atoms. The van der Waals surface area contributed by atoms with Crippen LogP contribution in [0.2, 0.25) is 13.6 Å². The molecule has 0 amide bonds. The summed E-state index contributed by atoms with van der Waals surface area (Å²) < 4.78 is 2.51. The van der Waals surface area contributed by atoms with E-state index in [2.05, 4.69) is 57.1 Å². The summed E-state index contributed by atoms with van der Waals surface area (Å²) in [7, 11) is 2.15. The predicted molar refractivity (Wildman–Crippen MR) is 76.3 cm³/mol. The Morgan fingerprint density at radius 3 is 2.78 bits per heavy atom. The molecule has 1 aromatic heterocycles. The van der Waals surface area contributed by atoms with Crippen LogP contribution in [0.4, 0.5) is 5.95 Å². The van der Waals surface area contributed by atoms with Crippen molar-refractivity contribution in [2.45, 2.75) is 33.4 Å². The van der Waals surface area contributed by atoms with E-state index in [1.807, 2.05) is 0 Å². The highest BCUT2D eigenvalue weighted by atomic mass is 15.4. The van der Waals surface area contributed by atoms with Gasteiger partial charge in [-0.05, 0) is 20.0 Å². The van der Waals surface area contributed by atoms with Gasteiger partial charge in [0.15, 0.2) is 0 Å². The number of rotatable bonds is 4. The molecule has 0 atom stereocenters. The van der Waals surface area contributed by atoms with Crippen molar-refractivity contribution >= 4 is 19.9 Å². The monoisotopic (exact) mass is 248 g/mol. The second-order valence-electron chi connectivity index (χ2n) is 5.03. The Labute approximate surface area is 110 Å². The van der Waals surface area contributed by atoms with E-state index in [-0.39, 0.29) is 0 Å². The molecule has 98 valence electrons. The summed E-state index contributed by atoms with van der Waals surface area (Å²) in [5.41, 5.74) is 0. The first kappa shape index (κ1) is 13.4. The predicted octanol–water partition coefficient (Wildman–Crippen LogP) is 0.852. The van der Waals surface area contributed by atoms with Crippen LogP contribution in [-0.4, -0.2) is 58.9 Å². The van der Waals surface area contributed by atoms with Gasteiger partial charge in [0.25, 0.3) is 6.98 Å². The maximum Gasteiger partial charge on any atom is 0.332 e. The highest BCUT2D eigenvalue weighted by molar-refractivity contribution is 6.73. The molecule has 0 unspecified atom stereocenters. The lowest BCUT2D eigenvalue weighted by molar-refractivity contribution is 0.434. The molecule has 1 saturated heterocycles. The summed E-state index contributed by atoms with van der Waals surface area (Å²) in [5, 5.41) is 6.91. The van der Waals surface area contributed by atoms with E-state index in [1.165, 1.54) is 12.8 Å². The SMILES string of the molecule is CCCCN1B(C)N(C)CN(c2ncn[nH]2)B1C. The van der Waals surface area contributed by atoms with Crippen molar-refractivity contribution in [3.05, 3.63) is 6.33 Å². The van der Waals surface area contributed by atoms with Crippen LogP contribution in [0.25, 0.3) is 0 Å². The molecule has 1 aromatic rings. The van der Waals surface area contributed by atoms with Gasteiger partial charge in [0.2, 0.25) is 5.95 Å². The van der Waals surface area contributed by atoms with E-state index in [1.54, 1.807) is 6.33 Å². The standard InChI is InChI=1S/C10H22B2N6/c1-5-6-7-18-11(2)16(4)9-17(12(18)3)10-13-8-14-15-10/h8H,5-7,9H2,1-4H3,(H,13,14,15). The normalized spacial score (nSPS) is 18.8. The van der Waals surface area contributed by atoms with Crippen molar-refractivity contribution in [3.8, 4) is 0 Å². The smallest absolute Gasteiger partial charge is 0.332 e. The zero-order chi connectivity index (χ0) is 13.1. The van der Waals surface area contributed by atoms with E-state index in [4.69, 9.17) is 0 Å². The van der Waals surface area contributed by atoms with Crippen molar-refractivity contribution in [2.24, 2.45) is 0 Å². The lowest BCUT2D eigenvalue weighted by Crippen LogP contribution is -2.69. The third kappa shape index (κ3) is 2.54. The molecule has 0 aliphatic carbocycles. The number of anilines is 1. The van der Waals surface area contributed by atoms with Gasteiger partial charge in [-0.2, -0.15) is 5.10 Å². The summed E-state index contributed by atoms with van der Waals surface area (Å²) in [5.74, 6) is 0.850. The Kier molecular flexibility index (Phi) is 4.29. The molecule has 0 saturated carbocycles. The number of aromatic nitrogens is 3. The first-order chi connectivity index (χ1) is 8.65. The Morgan fingerprint density at radius 1 is 1.39 bits per heavy atom. The number of hydrogen-bond donors (Lipinski definition) is 1. The summed E-state index contributed by atoms with van der Waals surface area (Å²) >= 11 is 0. The second-order valence-corrected chi connectivity index (χ2v) is 5.03. The average Bonchev–Trinajstić information content (AvgIpc) is 2.87. The molecule has 6 nitrogen and oxygen atoms in total. The van der Waals surface area contributed by atoms with E-state index in [0.717, 1.165) is 19.2 Å². The molecule has 1 N–H and O–H groups in total. The minimum atomic E-state index is 0.343. The lowest BCUT2D eigenvalue weighted by atomic mass is 9.58. The minimum Gasteiger partial charge on any atom is -0.359 e. The average molecular weight is 248 g/mol. The number of hydrogen-bond acceptors (Lipinski definition) is 5. The first-order valence-electron chi connectivity index (χ1n) is 6.73. The molecule has 0 radical (unpaired) electrons. The number of nitrogens with zero attached hydrogens (tertiary/aromatic N) is 5. The fraction of sp³-hybridized carbons (Fsp3) is 0.800. The van der Waals surface area contributed by atoms with E-state index < -0.39 is 0 Å². The van der Waals surface area contributed by atoms with E-state index >= 15 is 0 Å². The number of H-pyrrole nitrogens is 1. The molecule has 1 aliphatic rings. The van der Waals surface area contributed by atoms with Gasteiger partial charge in [-0.25, -0.2) is 10.1 Å². The summed E-state index contributed by atoms with van der Waals surface area (Å²) in [4.78, 5) is 8.85. The van der Waals surface area contributed by atoms with Crippen LogP contribution < -0.4 is 4.81 Å². The zero-order valence-corrected chi connectivity index (χ0v) is 11.8. The van der Waals surface area contributed by atoms with Crippen molar-refractivity contribution in [1.29, 1.82) is 0 Å². The zero-order valence-electron chi connectivity index (χ0n) is 11.8. The molecule has 2 rings (SSSR count). The van der Waals surface area contributed by atoms with Gasteiger partial charge in [-0.15, -0.1) is 0 Å². The van der Waals surface area contributed by atoms with Crippen LogP contribution in [0.15, 0.2) is 6.33 Å². The Balaban J connectivity index is 2.13. The molecule has 0 spiro atoms. The molecular weight excluding hydrogens is 226 g/mol. The van der Waals surface area contributed by atoms with Crippen LogP contribution in [-0.2, 0) is 0 Å². The van der Waals surface area contributed by atoms with Crippen molar-refractivity contribution in [2.75, 3.05) is 25.1 Å². The van der Waals surface area contributed by atoms with Gasteiger partial charge in [0.05, 0.1) is 6.67 Å². The molecule has 2 heterocycles. The van der Waals surface area contributed by atoms with Gasteiger partial charge in [0, 0.05) is 0 Å². The van der Waals surface area contributed by atoms with Crippen LogP contribution in [0, 0.1) is 0 Å². The van der Waals surface area contributed by atoms with Crippen LogP contribution >= 0.6 is 0 Å². The number of nitrogens with one attached hydrogen (secondary N) is 1. The maximum absolute atomic E-state index is 4.27. The summed E-state index contributed by atoms with van der Waals surface area (Å²) in [6.45, 7) is 9.54. The fourth-order valence-corrected chi connectivity index (χ4v) is 2.52. The third-order valence-electron chi connectivity index (χ3n) is 3.87. The van der Waals surface area contributed by atoms with Crippen molar-refractivity contribution in [1.82, 2.24) is 24.7 Å². The van der Waals surface area contributed by atoms with Gasteiger partial charge in [-0.3, -0.25) is 0 Å². The molecule has 0 aromatic carbocycles. The number of unbranched alkanes of at least 4 members (excludes halogenated alkanes) is 1. The summed E-state index contributed by atoms with van der Waals surface area (Å²) in [6, 6.07) is 0. The first-order valence-corrected chi connectivity index (χ1v) is 6.73. The quantitative estimate of drug-likeness (QED) is 0.800. The molecule has 1 fully saturated rings. The summed E-state index contributed by atoms with van der Waals surface area (Å²) in [6.07, 6.45) is 4.02. The molecule has 1 aliphatic heterocycles. The Bertz CT molecular complexity index is 359. The van der Waals surface area contributed by atoms with E-state index in [9.17, 15) is 0 Å². The van der Waals surface area contributed by atoms with Crippen LogP contribution in [0.1, 0.15) is 19.8 Å². The molecule has 8 heteroatoms. The van der Waals surface area contributed by atoms with E-state index in [0.29, 0.717) is 14.0 Å². The highest BCUT2D eigenvalue weighted by Crippen LogP contribution is 2.19. The molecular formula is C10H22B2N6. The number of aromatic amines is 1. The van der Waals surface area contributed by atoms with Gasteiger partial charge < -0.3 is 14.3 Å². The van der Waals surface area contributed by atoms with Gasteiger partial charge in [-0.1, -0.05) is 27.0 Å².